The van der Waals surface area contributed by atoms with Crippen LogP contribution in [-0.2, 0) is 0 Å². The topological polar surface area (TPSA) is 88.2 Å². The van der Waals surface area contributed by atoms with Crippen LogP contribution in [0.25, 0.3) is 0 Å². The standard InChI is InChI=1S/C7H9N3O2/c1-4-2-5(7(11)12)3-6(9-4)10-8/h2-3H,8H2,1H3,(H,9,10)(H,11,12). The van der Waals surface area contributed by atoms with Crippen LogP contribution in [0, 0.1) is 6.92 Å². The molecular formula is C7H9N3O2. The molecule has 5 heteroatoms. The first-order chi connectivity index (χ1) is 5.63. The lowest BCUT2D eigenvalue weighted by Gasteiger charge is -2.01. The average molecular weight is 167 g/mol. The van der Waals surface area contributed by atoms with Crippen LogP contribution in [0.4, 0.5) is 5.82 Å². The SMILES string of the molecule is Cc1cc(C(=O)O)cc(NN)n1. The van der Waals surface area contributed by atoms with Gasteiger partial charge in [-0.2, -0.15) is 0 Å². The minimum absolute atomic E-state index is 0.176. The second kappa shape index (κ2) is 3.19. The molecular weight excluding hydrogens is 158 g/mol. The zero-order valence-electron chi connectivity index (χ0n) is 6.53. The van der Waals surface area contributed by atoms with Gasteiger partial charge in [0.25, 0.3) is 0 Å². The molecule has 5 nitrogen and oxygen atoms in total. The molecule has 12 heavy (non-hydrogen) atoms. The third-order valence-corrected chi connectivity index (χ3v) is 1.35. The van der Waals surface area contributed by atoms with Crippen molar-refractivity contribution in [3.8, 4) is 0 Å². The largest absolute Gasteiger partial charge is 0.478 e. The summed E-state index contributed by atoms with van der Waals surface area (Å²) >= 11 is 0. The highest BCUT2D eigenvalue weighted by Crippen LogP contribution is 2.08. The second-order valence-corrected chi connectivity index (χ2v) is 2.33. The van der Waals surface area contributed by atoms with Crippen LogP contribution in [0.1, 0.15) is 16.1 Å². The molecule has 1 aromatic rings. The van der Waals surface area contributed by atoms with E-state index in [0.717, 1.165) is 0 Å². The Bertz CT molecular complexity index is 312. The molecule has 0 atom stereocenters. The van der Waals surface area contributed by atoms with E-state index < -0.39 is 5.97 Å². The number of carboxylic acid groups (broad SMARTS) is 1. The van der Waals surface area contributed by atoms with Crippen molar-refractivity contribution in [1.29, 1.82) is 0 Å². The molecule has 0 unspecified atom stereocenters. The van der Waals surface area contributed by atoms with E-state index in [9.17, 15) is 4.79 Å². The Hall–Kier alpha value is -1.62. The van der Waals surface area contributed by atoms with E-state index in [1.807, 2.05) is 0 Å². The maximum atomic E-state index is 10.5. The summed E-state index contributed by atoms with van der Waals surface area (Å²) in [5.74, 6) is 4.45. The number of hydrazine groups is 1. The maximum absolute atomic E-state index is 10.5. The maximum Gasteiger partial charge on any atom is 0.335 e. The number of anilines is 1. The number of aromatic carboxylic acids is 1. The normalized spacial score (nSPS) is 9.50. The molecule has 0 saturated carbocycles. The molecule has 64 valence electrons. The number of aryl methyl sites for hydroxylation is 1. The molecule has 0 amide bonds. The molecule has 0 radical (unpaired) electrons. The lowest BCUT2D eigenvalue weighted by molar-refractivity contribution is 0.0696. The Kier molecular flexibility index (Phi) is 2.25. The van der Waals surface area contributed by atoms with Gasteiger partial charge in [0.2, 0.25) is 0 Å². The van der Waals surface area contributed by atoms with Gasteiger partial charge in [0.1, 0.15) is 5.82 Å². The highest BCUT2D eigenvalue weighted by Gasteiger charge is 2.04. The number of rotatable bonds is 2. The Morgan fingerprint density at radius 1 is 1.67 bits per heavy atom. The summed E-state index contributed by atoms with van der Waals surface area (Å²) in [5.41, 5.74) is 3.08. The molecule has 0 saturated heterocycles. The fourth-order valence-electron chi connectivity index (χ4n) is 0.866. The minimum atomic E-state index is -0.989. The van der Waals surface area contributed by atoms with Crippen LogP contribution in [-0.4, -0.2) is 16.1 Å². The summed E-state index contributed by atoms with van der Waals surface area (Å²) < 4.78 is 0. The van der Waals surface area contributed by atoms with Crippen molar-refractivity contribution in [3.63, 3.8) is 0 Å². The highest BCUT2D eigenvalue weighted by atomic mass is 16.4. The summed E-state index contributed by atoms with van der Waals surface area (Å²) in [6.45, 7) is 1.70. The second-order valence-electron chi connectivity index (χ2n) is 2.33. The van der Waals surface area contributed by atoms with Crippen molar-refractivity contribution >= 4 is 11.8 Å². The number of hydrogen-bond donors (Lipinski definition) is 3. The van der Waals surface area contributed by atoms with Gasteiger partial charge in [-0.1, -0.05) is 0 Å². The van der Waals surface area contributed by atoms with E-state index in [-0.39, 0.29) is 5.56 Å². The van der Waals surface area contributed by atoms with Gasteiger partial charge in [-0.15, -0.1) is 0 Å². The van der Waals surface area contributed by atoms with E-state index >= 15 is 0 Å². The molecule has 0 aliphatic heterocycles. The van der Waals surface area contributed by atoms with Crippen LogP contribution in [0.2, 0.25) is 0 Å². The lowest BCUT2D eigenvalue weighted by atomic mass is 10.2. The van der Waals surface area contributed by atoms with E-state index in [2.05, 4.69) is 10.4 Å². The van der Waals surface area contributed by atoms with E-state index in [1.54, 1.807) is 6.92 Å². The smallest absolute Gasteiger partial charge is 0.335 e. The molecule has 1 aromatic heterocycles. The summed E-state index contributed by atoms with van der Waals surface area (Å²) in [6, 6.07) is 2.85. The van der Waals surface area contributed by atoms with Crippen LogP contribution >= 0.6 is 0 Å². The molecule has 0 fully saturated rings. The Labute approximate surface area is 69.2 Å². The number of nitrogens with two attached hydrogens (primary N) is 1. The van der Waals surface area contributed by atoms with Crippen molar-refractivity contribution in [2.24, 2.45) is 5.84 Å². The number of carboxylic acids is 1. The minimum Gasteiger partial charge on any atom is -0.478 e. The molecule has 0 aromatic carbocycles. The van der Waals surface area contributed by atoms with Crippen LogP contribution in [0.5, 0.6) is 0 Å². The van der Waals surface area contributed by atoms with Gasteiger partial charge in [-0.25, -0.2) is 15.6 Å². The zero-order valence-corrected chi connectivity index (χ0v) is 6.53. The molecule has 0 aliphatic rings. The number of nitrogen functional groups attached to an aromatic ring is 1. The van der Waals surface area contributed by atoms with Crippen molar-refractivity contribution in [2.45, 2.75) is 6.92 Å². The van der Waals surface area contributed by atoms with Crippen molar-refractivity contribution in [2.75, 3.05) is 5.43 Å². The fraction of sp³-hybridized carbons (Fsp3) is 0.143. The number of pyridine rings is 1. The van der Waals surface area contributed by atoms with Crippen molar-refractivity contribution < 1.29 is 9.90 Å². The molecule has 0 bridgehead atoms. The van der Waals surface area contributed by atoms with E-state index in [4.69, 9.17) is 10.9 Å². The average Bonchev–Trinajstić information content (AvgIpc) is 2.03. The first kappa shape index (κ1) is 8.48. The molecule has 0 aliphatic carbocycles. The number of carbonyl (C=O) groups is 1. The quantitative estimate of drug-likeness (QED) is 0.437. The third kappa shape index (κ3) is 1.70. The third-order valence-electron chi connectivity index (χ3n) is 1.35. The van der Waals surface area contributed by atoms with Crippen molar-refractivity contribution in [3.05, 3.63) is 23.4 Å². The van der Waals surface area contributed by atoms with Gasteiger partial charge in [0.15, 0.2) is 0 Å². The van der Waals surface area contributed by atoms with Crippen LogP contribution in [0.15, 0.2) is 12.1 Å². The molecule has 4 N–H and O–H groups in total. The monoisotopic (exact) mass is 167 g/mol. The van der Waals surface area contributed by atoms with Gasteiger partial charge in [0, 0.05) is 5.69 Å². The number of hydrogen-bond acceptors (Lipinski definition) is 4. The summed E-state index contributed by atoms with van der Waals surface area (Å²) in [4.78, 5) is 14.5. The summed E-state index contributed by atoms with van der Waals surface area (Å²) in [6.07, 6.45) is 0. The zero-order chi connectivity index (χ0) is 9.14. The van der Waals surface area contributed by atoms with Crippen molar-refractivity contribution in [1.82, 2.24) is 4.98 Å². The van der Waals surface area contributed by atoms with E-state index in [0.29, 0.717) is 11.5 Å². The predicted octanol–water partition coefficient (Wildman–Crippen LogP) is 0.374. The van der Waals surface area contributed by atoms with Gasteiger partial charge in [0.05, 0.1) is 5.56 Å². The van der Waals surface area contributed by atoms with Gasteiger partial charge >= 0.3 is 5.97 Å². The van der Waals surface area contributed by atoms with Crippen LogP contribution < -0.4 is 11.3 Å². The Balaban J connectivity index is 3.15. The predicted molar refractivity (Wildman–Crippen MR) is 43.7 cm³/mol. The lowest BCUT2D eigenvalue weighted by Crippen LogP contribution is -2.10. The number of nitrogens with one attached hydrogen (secondary N) is 1. The number of nitrogens with zero attached hydrogens (tertiary/aromatic N) is 1. The van der Waals surface area contributed by atoms with Gasteiger partial charge in [-0.3, -0.25) is 0 Å². The van der Waals surface area contributed by atoms with Gasteiger partial charge in [-0.05, 0) is 19.1 Å². The summed E-state index contributed by atoms with van der Waals surface area (Å²) in [7, 11) is 0. The van der Waals surface area contributed by atoms with E-state index in [1.165, 1.54) is 12.1 Å². The molecule has 1 heterocycles. The highest BCUT2D eigenvalue weighted by molar-refractivity contribution is 5.88. The Morgan fingerprint density at radius 2 is 2.33 bits per heavy atom. The molecule has 1 rings (SSSR count). The number of aromatic nitrogens is 1. The first-order valence-electron chi connectivity index (χ1n) is 3.32. The molecule has 0 spiro atoms. The van der Waals surface area contributed by atoms with Crippen LogP contribution in [0.3, 0.4) is 0 Å². The van der Waals surface area contributed by atoms with Gasteiger partial charge < -0.3 is 10.5 Å². The fourth-order valence-corrected chi connectivity index (χ4v) is 0.866. The first-order valence-corrected chi connectivity index (χ1v) is 3.32. The Morgan fingerprint density at radius 3 is 2.83 bits per heavy atom. The summed E-state index contributed by atoms with van der Waals surface area (Å²) in [5, 5.41) is 8.63.